The normalized spacial score (nSPS) is 12.7. The molecule has 0 bridgehead atoms. The first-order chi connectivity index (χ1) is 9.13. The van der Waals surface area contributed by atoms with Crippen molar-refractivity contribution in [3.8, 4) is 0 Å². The highest BCUT2D eigenvalue weighted by molar-refractivity contribution is 6.31. The van der Waals surface area contributed by atoms with Crippen molar-refractivity contribution in [2.45, 2.75) is 25.8 Å². The molecule has 0 heterocycles. The molecular weight excluding hydrogens is 254 g/mol. The Bertz CT molecular complexity index is 531. The van der Waals surface area contributed by atoms with E-state index in [0.29, 0.717) is 5.92 Å². The Morgan fingerprint density at radius 2 is 1.47 bits per heavy atom. The van der Waals surface area contributed by atoms with Crippen molar-refractivity contribution in [1.82, 2.24) is 5.32 Å². The molecule has 1 atom stereocenters. The van der Waals surface area contributed by atoms with E-state index < -0.39 is 0 Å². The van der Waals surface area contributed by atoms with Crippen molar-refractivity contribution >= 4 is 11.6 Å². The van der Waals surface area contributed by atoms with Crippen molar-refractivity contribution in [1.29, 1.82) is 0 Å². The summed E-state index contributed by atoms with van der Waals surface area (Å²) < 4.78 is 0. The van der Waals surface area contributed by atoms with Crippen LogP contribution in [0, 0.1) is 0 Å². The van der Waals surface area contributed by atoms with Gasteiger partial charge in [-0.3, -0.25) is 0 Å². The minimum atomic E-state index is 0.134. The molecule has 0 fully saturated rings. The van der Waals surface area contributed by atoms with Crippen LogP contribution in [0.15, 0.2) is 48.5 Å². The number of benzene rings is 2. The van der Waals surface area contributed by atoms with Crippen LogP contribution >= 0.6 is 11.6 Å². The molecule has 0 aliphatic heterocycles. The summed E-state index contributed by atoms with van der Waals surface area (Å²) in [6, 6.07) is 16.9. The van der Waals surface area contributed by atoms with E-state index in [-0.39, 0.29) is 6.04 Å². The van der Waals surface area contributed by atoms with E-state index in [1.54, 1.807) is 0 Å². The summed E-state index contributed by atoms with van der Waals surface area (Å²) in [5.74, 6) is 0.558. The molecule has 0 spiro atoms. The van der Waals surface area contributed by atoms with Gasteiger partial charge in [-0.05, 0) is 35.7 Å². The maximum Gasteiger partial charge on any atom is 0.0589 e. The average Bonchev–Trinajstić information content (AvgIpc) is 2.42. The molecule has 19 heavy (non-hydrogen) atoms. The van der Waals surface area contributed by atoms with E-state index in [9.17, 15) is 0 Å². The van der Waals surface area contributed by atoms with Gasteiger partial charge < -0.3 is 5.32 Å². The number of rotatable bonds is 4. The predicted octanol–water partition coefficient (Wildman–Crippen LogP) is 4.77. The van der Waals surface area contributed by atoms with Crippen molar-refractivity contribution in [2.24, 2.45) is 0 Å². The summed E-state index contributed by atoms with van der Waals surface area (Å²) in [5, 5.41) is 4.14. The van der Waals surface area contributed by atoms with Crippen LogP contribution in [0.4, 0.5) is 0 Å². The molecule has 2 aromatic rings. The van der Waals surface area contributed by atoms with Crippen LogP contribution in [-0.4, -0.2) is 7.05 Å². The Kier molecular flexibility index (Phi) is 4.62. The Labute approximate surface area is 120 Å². The molecular formula is C17H20ClN. The van der Waals surface area contributed by atoms with Gasteiger partial charge in [-0.2, -0.15) is 0 Å². The third-order valence-electron chi connectivity index (χ3n) is 3.44. The van der Waals surface area contributed by atoms with E-state index >= 15 is 0 Å². The highest BCUT2D eigenvalue weighted by Gasteiger charge is 2.14. The zero-order chi connectivity index (χ0) is 13.8. The van der Waals surface area contributed by atoms with Crippen LogP contribution in [0.5, 0.6) is 0 Å². The Morgan fingerprint density at radius 3 is 2.00 bits per heavy atom. The highest BCUT2D eigenvalue weighted by Crippen LogP contribution is 2.28. The summed E-state index contributed by atoms with van der Waals surface area (Å²) in [5.41, 5.74) is 3.71. The first-order valence-corrected chi connectivity index (χ1v) is 7.03. The zero-order valence-electron chi connectivity index (χ0n) is 11.7. The summed E-state index contributed by atoms with van der Waals surface area (Å²) in [4.78, 5) is 0. The van der Waals surface area contributed by atoms with E-state index in [0.717, 1.165) is 10.6 Å². The Morgan fingerprint density at radius 1 is 0.895 bits per heavy atom. The van der Waals surface area contributed by atoms with Gasteiger partial charge in [-0.15, -0.1) is 0 Å². The zero-order valence-corrected chi connectivity index (χ0v) is 12.4. The van der Waals surface area contributed by atoms with Crippen LogP contribution in [0.1, 0.15) is 42.5 Å². The van der Waals surface area contributed by atoms with E-state index in [4.69, 9.17) is 11.6 Å². The lowest BCUT2D eigenvalue weighted by atomic mass is 9.95. The van der Waals surface area contributed by atoms with Crippen LogP contribution in [-0.2, 0) is 0 Å². The fourth-order valence-corrected chi connectivity index (χ4v) is 2.53. The fourth-order valence-electron chi connectivity index (χ4n) is 2.28. The highest BCUT2D eigenvalue weighted by atomic mass is 35.5. The van der Waals surface area contributed by atoms with Gasteiger partial charge in [0.05, 0.1) is 6.04 Å². The minimum Gasteiger partial charge on any atom is -0.309 e. The predicted molar refractivity (Wildman–Crippen MR) is 82.9 cm³/mol. The molecule has 100 valence electrons. The van der Waals surface area contributed by atoms with Crippen LogP contribution in [0.25, 0.3) is 0 Å². The van der Waals surface area contributed by atoms with Gasteiger partial charge >= 0.3 is 0 Å². The Hall–Kier alpha value is -1.31. The molecule has 2 heteroatoms. The molecule has 0 aromatic heterocycles. The SMILES string of the molecule is CNC(c1ccc(C(C)C)cc1)c1ccccc1Cl. The molecule has 0 saturated heterocycles. The second kappa shape index (κ2) is 6.23. The first kappa shape index (κ1) is 14.1. The number of hydrogen-bond acceptors (Lipinski definition) is 1. The number of hydrogen-bond donors (Lipinski definition) is 1. The molecule has 2 aromatic carbocycles. The minimum absolute atomic E-state index is 0.134. The lowest BCUT2D eigenvalue weighted by Crippen LogP contribution is -2.18. The van der Waals surface area contributed by atoms with Gasteiger partial charge in [0.15, 0.2) is 0 Å². The summed E-state index contributed by atoms with van der Waals surface area (Å²) in [7, 11) is 1.96. The van der Waals surface area contributed by atoms with Gasteiger partial charge in [0.25, 0.3) is 0 Å². The molecule has 1 N–H and O–H groups in total. The topological polar surface area (TPSA) is 12.0 Å². The van der Waals surface area contributed by atoms with Crippen molar-refractivity contribution in [2.75, 3.05) is 7.05 Å². The second-order valence-corrected chi connectivity index (χ2v) is 5.47. The van der Waals surface area contributed by atoms with Gasteiger partial charge in [-0.25, -0.2) is 0 Å². The number of halogens is 1. The van der Waals surface area contributed by atoms with Gasteiger partial charge in [0, 0.05) is 5.02 Å². The van der Waals surface area contributed by atoms with E-state index in [1.165, 1.54) is 11.1 Å². The third-order valence-corrected chi connectivity index (χ3v) is 3.79. The van der Waals surface area contributed by atoms with Gasteiger partial charge in [-0.1, -0.05) is 67.9 Å². The largest absolute Gasteiger partial charge is 0.309 e. The quantitative estimate of drug-likeness (QED) is 0.846. The van der Waals surface area contributed by atoms with Gasteiger partial charge in [0.2, 0.25) is 0 Å². The summed E-state index contributed by atoms with van der Waals surface area (Å²) in [6.07, 6.45) is 0. The standard InChI is InChI=1S/C17H20ClN/c1-12(2)13-8-10-14(11-9-13)17(19-3)15-6-4-5-7-16(15)18/h4-12,17,19H,1-3H3. The molecule has 0 radical (unpaired) electrons. The molecule has 2 rings (SSSR count). The summed E-state index contributed by atoms with van der Waals surface area (Å²) >= 11 is 6.29. The lowest BCUT2D eigenvalue weighted by molar-refractivity contribution is 0.691. The molecule has 0 saturated carbocycles. The monoisotopic (exact) mass is 273 g/mol. The maximum absolute atomic E-state index is 6.29. The lowest BCUT2D eigenvalue weighted by Gasteiger charge is -2.19. The second-order valence-electron chi connectivity index (χ2n) is 5.06. The van der Waals surface area contributed by atoms with Crippen LogP contribution in [0.2, 0.25) is 5.02 Å². The molecule has 1 unspecified atom stereocenters. The molecule has 0 aliphatic rings. The first-order valence-electron chi connectivity index (χ1n) is 6.65. The average molecular weight is 274 g/mol. The van der Waals surface area contributed by atoms with Crippen LogP contribution < -0.4 is 5.32 Å². The van der Waals surface area contributed by atoms with Crippen molar-refractivity contribution < 1.29 is 0 Å². The molecule has 1 nitrogen and oxygen atoms in total. The third kappa shape index (κ3) is 3.17. The van der Waals surface area contributed by atoms with Crippen molar-refractivity contribution in [3.05, 3.63) is 70.2 Å². The summed E-state index contributed by atoms with van der Waals surface area (Å²) in [6.45, 7) is 4.41. The van der Waals surface area contributed by atoms with Gasteiger partial charge in [0.1, 0.15) is 0 Å². The smallest absolute Gasteiger partial charge is 0.0589 e. The molecule has 0 amide bonds. The van der Waals surface area contributed by atoms with Crippen LogP contribution in [0.3, 0.4) is 0 Å². The van der Waals surface area contributed by atoms with Crippen molar-refractivity contribution in [3.63, 3.8) is 0 Å². The Balaban J connectivity index is 2.35. The van der Waals surface area contributed by atoms with E-state index in [2.05, 4.69) is 49.5 Å². The molecule has 0 aliphatic carbocycles. The fraction of sp³-hybridized carbons (Fsp3) is 0.294. The van der Waals surface area contributed by atoms with E-state index in [1.807, 2.05) is 25.2 Å². The number of nitrogens with one attached hydrogen (secondary N) is 1. The maximum atomic E-state index is 6.29.